The first-order chi connectivity index (χ1) is 8.17. The second-order valence-corrected chi connectivity index (χ2v) is 4.00. The molecule has 1 aromatic rings. The lowest BCUT2D eigenvalue weighted by Crippen LogP contribution is -2.26. The van der Waals surface area contributed by atoms with E-state index in [-0.39, 0.29) is 11.9 Å². The molecule has 0 radical (unpaired) electrons. The summed E-state index contributed by atoms with van der Waals surface area (Å²) in [5.41, 5.74) is 6.50. The maximum atomic E-state index is 11.7. The zero-order chi connectivity index (χ0) is 12.7. The topological polar surface area (TPSA) is 64.4 Å². The Morgan fingerprint density at radius 3 is 2.82 bits per heavy atom. The number of carbonyl (C=O) groups is 1. The Morgan fingerprint density at radius 1 is 1.47 bits per heavy atom. The lowest BCUT2D eigenvalue weighted by Gasteiger charge is -2.12. The van der Waals surface area contributed by atoms with Crippen molar-refractivity contribution in [1.29, 1.82) is 0 Å². The molecule has 94 valence electrons. The van der Waals surface area contributed by atoms with E-state index in [0.717, 1.165) is 12.8 Å². The van der Waals surface area contributed by atoms with Gasteiger partial charge in [0.05, 0.1) is 12.8 Å². The van der Waals surface area contributed by atoms with Crippen LogP contribution in [0.1, 0.15) is 26.2 Å². The quantitative estimate of drug-likeness (QED) is 0.795. The molecule has 0 aromatic heterocycles. The van der Waals surface area contributed by atoms with Crippen LogP contribution in [0.4, 0.5) is 5.69 Å². The van der Waals surface area contributed by atoms with E-state index in [4.69, 9.17) is 10.5 Å². The van der Waals surface area contributed by atoms with E-state index in [9.17, 15) is 4.79 Å². The molecule has 1 atom stereocenters. The fourth-order valence-corrected chi connectivity index (χ4v) is 1.66. The minimum absolute atomic E-state index is 0.0737. The number of ether oxygens (including phenoxy) is 1. The van der Waals surface area contributed by atoms with E-state index in [1.807, 2.05) is 24.3 Å². The van der Waals surface area contributed by atoms with Crippen molar-refractivity contribution in [2.45, 2.75) is 32.2 Å². The van der Waals surface area contributed by atoms with Crippen molar-refractivity contribution in [3.05, 3.63) is 24.3 Å². The Bertz CT molecular complexity index is 366. The molecule has 1 amide bonds. The molecule has 0 saturated heterocycles. The molecule has 0 heterocycles. The second-order valence-electron chi connectivity index (χ2n) is 4.00. The summed E-state index contributed by atoms with van der Waals surface area (Å²) in [6.07, 6.45) is 2.19. The number of methoxy groups -OCH3 is 1. The van der Waals surface area contributed by atoms with Crippen LogP contribution in [0.3, 0.4) is 0 Å². The van der Waals surface area contributed by atoms with E-state index in [1.165, 1.54) is 0 Å². The van der Waals surface area contributed by atoms with E-state index in [1.54, 1.807) is 7.11 Å². The first kappa shape index (κ1) is 13.5. The number of amides is 1. The zero-order valence-corrected chi connectivity index (χ0v) is 10.4. The highest BCUT2D eigenvalue weighted by Gasteiger charge is 2.10. The molecule has 0 spiro atoms. The van der Waals surface area contributed by atoms with Crippen LogP contribution in [0, 0.1) is 0 Å². The van der Waals surface area contributed by atoms with Gasteiger partial charge in [0.15, 0.2) is 0 Å². The number of nitrogens with one attached hydrogen (secondary N) is 1. The van der Waals surface area contributed by atoms with Gasteiger partial charge in [-0.25, -0.2) is 0 Å². The van der Waals surface area contributed by atoms with Gasteiger partial charge >= 0.3 is 0 Å². The van der Waals surface area contributed by atoms with E-state index >= 15 is 0 Å². The van der Waals surface area contributed by atoms with Gasteiger partial charge in [-0.2, -0.15) is 0 Å². The first-order valence-electron chi connectivity index (χ1n) is 5.85. The zero-order valence-electron chi connectivity index (χ0n) is 10.4. The van der Waals surface area contributed by atoms with Crippen molar-refractivity contribution >= 4 is 11.6 Å². The van der Waals surface area contributed by atoms with Gasteiger partial charge in [-0.3, -0.25) is 4.79 Å². The number of benzene rings is 1. The van der Waals surface area contributed by atoms with Gasteiger partial charge in [0.25, 0.3) is 0 Å². The van der Waals surface area contributed by atoms with Gasteiger partial charge in [0.2, 0.25) is 5.91 Å². The Hall–Kier alpha value is -1.55. The lowest BCUT2D eigenvalue weighted by molar-refractivity contribution is -0.116. The van der Waals surface area contributed by atoms with Crippen LogP contribution in [-0.2, 0) is 4.79 Å². The molecule has 0 aliphatic rings. The molecule has 1 rings (SSSR count). The Labute approximate surface area is 102 Å². The van der Waals surface area contributed by atoms with Crippen molar-refractivity contribution in [2.75, 3.05) is 12.4 Å². The predicted molar refractivity (Wildman–Crippen MR) is 69.1 cm³/mol. The molecule has 3 N–H and O–H groups in total. The van der Waals surface area contributed by atoms with Crippen LogP contribution in [0.5, 0.6) is 5.75 Å². The van der Waals surface area contributed by atoms with Crippen molar-refractivity contribution in [1.82, 2.24) is 0 Å². The molecule has 17 heavy (non-hydrogen) atoms. The molecule has 1 unspecified atom stereocenters. The molecule has 0 bridgehead atoms. The van der Waals surface area contributed by atoms with Crippen LogP contribution < -0.4 is 15.8 Å². The van der Waals surface area contributed by atoms with Crippen molar-refractivity contribution < 1.29 is 9.53 Å². The number of rotatable bonds is 6. The minimum Gasteiger partial charge on any atom is -0.495 e. The van der Waals surface area contributed by atoms with Crippen molar-refractivity contribution in [2.24, 2.45) is 5.73 Å². The Balaban J connectivity index is 2.55. The third kappa shape index (κ3) is 4.44. The van der Waals surface area contributed by atoms with Crippen molar-refractivity contribution in [3.63, 3.8) is 0 Å². The fourth-order valence-electron chi connectivity index (χ4n) is 1.66. The molecule has 4 heteroatoms. The monoisotopic (exact) mass is 236 g/mol. The standard InChI is InChI=1S/C13H20N2O2/c1-3-6-10(14)9-13(16)15-11-7-4-5-8-12(11)17-2/h4-5,7-8,10H,3,6,9,14H2,1-2H3,(H,15,16). The normalized spacial score (nSPS) is 11.9. The predicted octanol–water partition coefficient (Wildman–Crippen LogP) is 2.15. The van der Waals surface area contributed by atoms with Gasteiger partial charge in [0, 0.05) is 12.5 Å². The molecule has 4 nitrogen and oxygen atoms in total. The van der Waals surface area contributed by atoms with Crippen LogP contribution in [-0.4, -0.2) is 19.1 Å². The summed E-state index contributed by atoms with van der Waals surface area (Å²) in [5.74, 6) is 0.584. The van der Waals surface area contributed by atoms with Crippen LogP contribution in [0.15, 0.2) is 24.3 Å². The number of carbonyl (C=O) groups excluding carboxylic acids is 1. The molecule has 0 saturated carbocycles. The Kier molecular flexibility index (Phi) is 5.49. The largest absolute Gasteiger partial charge is 0.495 e. The lowest BCUT2D eigenvalue weighted by atomic mass is 10.1. The third-order valence-corrected chi connectivity index (χ3v) is 2.49. The highest BCUT2D eigenvalue weighted by atomic mass is 16.5. The van der Waals surface area contributed by atoms with Crippen LogP contribution in [0.2, 0.25) is 0 Å². The summed E-state index contributed by atoms with van der Waals surface area (Å²) in [6.45, 7) is 2.05. The number of hydrogen-bond acceptors (Lipinski definition) is 3. The summed E-state index contributed by atoms with van der Waals surface area (Å²) in [5, 5.41) is 2.81. The van der Waals surface area contributed by atoms with Crippen LogP contribution in [0.25, 0.3) is 0 Å². The van der Waals surface area contributed by atoms with Gasteiger partial charge in [0.1, 0.15) is 5.75 Å². The van der Waals surface area contributed by atoms with Gasteiger partial charge < -0.3 is 15.8 Å². The number of para-hydroxylation sites is 2. The average molecular weight is 236 g/mol. The molecule has 0 aliphatic heterocycles. The highest BCUT2D eigenvalue weighted by Crippen LogP contribution is 2.23. The summed E-state index contributed by atoms with van der Waals surface area (Å²) in [4.78, 5) is 11.7. The summed E-state index contributed by atoms with van der Waals surface area (Å²) >= 11 is 0. The minimum atomic E-state index is -0.0743. The SMILES string of the molecule is CCCC(N)CC(=O)Nc1ccccc1OC. The smallest absolute Gasteiger partial charge is 0.226 e. The van der Waals surface area contributed by atoms with Crippen molar-refractivity contribution in [3.8, 4) is 5.75 Å². The summed E-state index contributed by atoms with van der Waals surface area (Å²) in [6, 6.07) is 7.25. The maximum absolute atomic E-state index is 11.7. The molecule has 0 aliphatic carbocycles. The van der Waals surface area contributed by atoms with E-state index < -0.39 is 0 Å². The van der Waals surface area contributed by atoms with Crippen LogP contribution >= 0.6 is 0 Å². The second kappa shape index (κ2) is 6.91. The third-order valence-electron chi connectivity index (χ3n) is 2.49. The summed E-state index contributed by atoms with van der Waals surface area (Å²) in [7, 11) is 1.58. The molecular formula is C13H20N2O2. The number of hydrogen-bond donors (Lipinski definition) is 2. The number of anilines is 1. The van der Waals surface area contributed by atoms with E-state index in [0.29, 0.717) is 17.9 Å². The molecule has 1 aromatic carbocycles. The Morgan fingerprint density at radius 2 is 2.18 bits per heavy atom. The van der Waals surface area contributed by atoms with E-state index in [2.05, 4.69) is 12.2 Å². The highest BCUT2D eigenvalue weighted by molar-refractivity contribution is 5.92. The van der Waals surface area contributed by atoms with Gasteiger partial charge in [-0.15, -0.1) is 0 Å². The number of nitrogens with two attached hydrogens (primary N) is 1. The summed E-state index contributed by atoms with van der Waals surface area (Å²) < 4.78 is 5.15. The molecular weight excluding hydrogens is 216 g/mol. The maximum Gasteiger partial charge on any atom is 0.226 e. The van der Waals surface area contributed by atoms with Gasteiger partial charge in [-0.05, 0) is 18.6 Å². The first-order valence-corrected chi connectivity index (χ1v) is 5.85. The molecule has 0 fully saturated rings. The fraction of sp³-hybridized carbons (Fsp3) is 0.462. The van der Waals surface area contributed by atoms with Gasteiger partial charge in [-0.1, -0.05) is 25.5 Å². The average Bonchev–Trinajstić information content (AvgIpc) is 2.29.